The van der Waals surface area contributed by atoms with Crippen LogP contribution in [0, 0.1) is 6.92 Å². The lowest BCUT2D eigenvalue weighted by Gasteiger charge is -2.14. The molecule has 0 aliphatic carbocycles. The van der Waals surface area contributed by atoms with Gasteiger partial charge in [0.2, 0.25) is 5.88 Å². The lowest BCUT2D eigenvalue weighted by Crippen LogP contribution is -2.19. The van der Waals surface area contributed by atoms with E-state index in [0.29, 0.717) is 17.5 Å². The van der Waals surface area contributed by atoms with Crippen molar-refractivity contribution in [3.05, 3.63) is 59.8 Å². The van der Waals surface area contributed by atoms with E-state index >= 15 is 0 Å². The Morgan fingerprint density at radius 2 is 1.52 bits per heavy atom. The van der Waals surface area contributed by atoms with Gasteiger partial charge in [0.1, 0.15) is 11.8 Å². The Labute approximate surface area is 156 Å². The Bertz CT molecular complexity index is 1150. The maximum Gasteiger partial charge on any atom is 0.224 e. The van der Waals surface area contributed by atoms with Crippen LogP contribution in [0.3, 0.4) is 0 Å². The third-order valence-corrected chi connectivity index (χ3v) is 4.45. The number of aryl methyl sites for hydroxylation is 1. The van der Waals surface area contributed by atoms with Gasteiger partial charge in [-0.2, -0.15) is 4.98 Å². The van der Waals surface area contributed by atoms with E-state index in [1.54, 1.807) is 14.2 Å². The average Bonchev–Trinajstić information content (AvgIpc) is 2.72. The molecule has 1 atom stereocenters. The van der Waals surface area contributed by atoms with Crippen LogP contribution in [0.2, 0.25) is 0 Å². The predicted octanol–water partition coefficient (Wildman–Crippen LogP) is 2.95. The zero-order chi connectivity index (χ0) is 19.0. The molecule has 0 radical (unpaired) electrons. The van der Waals surface area contributed by atoms with Crippen molar-refractivity contribution in [2.45, 2.75) is 13.0 Å². The fourth-order valence-electron chi connectivity index (χ4n) is 3.02. The molecule has 2 heterocycles. The van der Waals surface area contributed by atoms with Gasteiger partial charge < -0.3 is 15.2 Å². The summed E-state index contributed by atoms with van der Waals surface area (Å²) in [6, 6.07) is 12.6. The molecular weight excluding hydrogens is 342 g/mol. The first-order valence-electron chi connectivity index (χ1n) is 8.49. The minimum Gasteiger partial charge on any atom is -0.497 e. The fraction of sp³-hybridized carbons (Fsp3) is 0.200. The summed E-state index contributed by atoms with van der Waals surface area (Å²) >= 11 is 0. The molecule has 4 aromatic rings. The maximum atomic E-state index is 6.42. The van der Waals surface area contributed by atoms with Gasteiger partial charge in [0, 0.05) is 11.1 Å². The molecule has 0 aliphatic rings. The van der Waals surface area contributed by atoms with Crippen LogP contribution in [0.25, 0.3) is 21.8 Å². The number of para-hydroxylation sites is 1. The van der Waals surface area contributed by atoms with E-state index in [4.69, 9.17) is 15.2 Å². The van der Waals surface area contributed by atoms with E-state index in [-0.39, 0.29) is 0 Å². The third kappa shape index (κ3) is 3.02. The highest BCUT2D eigenvalue weighted by Crippen LogP contribution is 2.27. The molecule has 2 aromatic carbocycles. The zero-order valence-electron chi connectivity index (χ0n) is 15.3. The van der Waals surface area contributed by atoms with Gasteiger partial charge in [-0.05, 0) is 37.3 Å². The fourth-order valence-corrected chi connectivity index (χ4v) is 3.02. The molecular formula is C20H19N5O2. The van der Waals surface area contributed by atoms with Crippen molar-refractivity contribution in [2.24, 2.45) is 5.73 Å². The number of nitrogens with two attached hydrogens (primary N) is 1. The van der Waals surface area contributed by atoms with Crippen molar-refractivity contribution < 1.29 is 9.47 Å². The van der Waals surface area contributed by atoms with Crippen LogP contribution in [-0.2, 0) is 0 Å². The first-order valence-corrected chi connectivity index (χ1v) is 8.49. The molecule has 0 bridgehead atoms. The van der Waals surface area contributed by atoms with Crippen LogP contribution >= 0.6 is 0 Å². The number of fused-ring (bicyclic) bond motifs is 2. The Kier molecular flexibility index (Phi) is 4.29. The standard InChI is InChI=1S/C20H19N5O2/c1-11-14-10-12(26-2)8-9-16(14)24-18(22-11)17(21)19-23-15-7-5-4-6-13(15)20(25-19)27-3/h4-10,17H,21H2,1-3H3. The zero-order valence-corrected chi connectivity index (χ0v) is 15.3. The number of hydrogen-bond donors (Lipinski definition) is 1. The summed E-state index contributed by atoms with van der Waals surface area (Å²) in [5, 5.41) is 1.75. The highest BCUT2D eigenvalue weighted by Gasteiger charge is 2.20. The smallest absolute Gasteiger partial charge is 0.224 e. The molecule has 1 unspecified atom stereocenters. The molecule has 27 heavy (non-hydrogen) atoms. The van der Waals surface area contributed by atoms with Gasteiger partial charge in [-0.15, -0.1) is 0 Å². The Hall–Kier alpha value is -3.32. The van der Waals surface area contributed by atoms with E-state index in [0.717, 1.165) is 33.2 Å². The van der Waals surface area contributed by atoms with Gasteiger partial charge in [-0.1, -0.05) is 12.1 Å². The second kappa shape index (κ2) is 6.77. The minimum absolute atomic E-state index is 0.415. The first-order chi connectivity index (χ1) is 13.1. The van der Waals surface area contributed by atoms with Gasteiger partial charge in [-0.3, -0.25) is 0 Å². The Morgan fingerprint density at radius 1 is 0.815 bits per heavy atom. The predicted molar refractivity (Wildman–Crippen MR) is 103 cm³/mol. The monoisotopic (exact) mass is 361 g/mol. The molecule has 136 valence electrons. The lowest BCUT2D eigenvalue weighted by molar-refractivity contribution is 0.399. The largest absolute Gasteiger partial charge is 0.497 e. The van der Waals surface area contributed by atoms with Crippen molar-refractivity contribution in [3.8, 4) is 11.6 Å². The van der Waals surface area contributed by atoms with Crippen molar-refractivity contribution in [1.29, 1.82) is 0 Å². The number of methoxy groups -OCH3 is 2. The summed E-state index contributed by atoms with van der Waals surface area (Å²) in [5.74, 6) is 2.11. The van der Waals surface area contributed by atoms with Crippen LogP contribution in [0.4, 0.5) is 0 Å². The summed E-state index contributed by atoms with van der Waals surface area (Å²) in [5.41, 5.74) is 8.79. The third-order valence-electron chi connectivity index (χ3n) is 4.45. The summed E-state index contributed by atoms with van der Waals surface area (Å²) in [7, 11) is 3.21. The molecule has 2 aromatic heterocycles. The number of ether oxygens (including phenoxy) is 2. The lowest BCUT2D eigenvalue weighted by atomic mass is 10.1. The van der Waals surface area contributed by atoms with Crippen LogP contribution in [-0.4, -0.2) is 34.2 Å². The average molecular weight is 361 g/mol. The molecule has 7 nitrogen and oxygen atoms in total. The van der Waals surface area contributed by atoms with Crippen molar-refractivity contribution in [1.82, 2.24) is 19.9 Å². The topological polar surface area (TPSA) is 96.0 Å². The van der Waals surface area contributed by atoms with E-state index < -0.39 is 6.04 Å². The van der Waals surface area contributed by atoms with Gasteiger partial charge in [0.05, 0.1) is 30.6 Å². The minimum atomic E-state index is -0.672. The normalized spacial score (nSPS) is 12.3. The summed E-state index contributed by atoms with van der Waals surface area (Å²) in [4.78, 5) is 18.2. The highest BCUT2D eigenvalue weighted by molar-refractivity contribution is 5.84. The second-order valence-corrected chi connectivity index (χ2v) is 6.14. The highest BCUT2D eigenvalue weighted by atomic mass is 16.5. The molecule has 2 N–H and O–H groups in total. The molecule has 4 rings (SSSR count). The van der Waals surface area contributed by atoms with Crippen LogP contribution in [0.5, 0.6) is 11.6 Å². The molecule has 7 heteroatoms. The van der Waals surface area contributed by atoms with E-state index in [1.807, 2.05) is 49.4 Å². The van der Waals surface area contributed by atoms with Crippen LogP contribution < -0.4 is 15.2 Å². The maximum absolute atomic E-state index is 6.42. The van der Waals surface area contributed by atoms with Gasteiger partial charge in [0.15, 0.2) is 11.6 Å². The quantitative estimate of drug-likeness (QED) is 0.597. The number of nitrogens with zero attached hydrogens (tertiary/aromatic N) is 4. The molecule has 0 saturated heterocycles. The summed E-state index contributed by atoms with van der Waals surface area (Å²) < 4.78 is 10.7. The summed E-state index contributed by atoms with van der Waals surface area (Å²) in [6.07, 6.45) is 0. The number of rotatable bonds is 4. The van der Waals surface area contributed by atoms with Crippen molar-refractivity contribution >= 4 is 21.8 Å². The van der Waals surface area contributed by atoms with Gasteiger partial charge in [0.25, 0.3) is 0 Å². The van der Waals surface area contributed by atoms with Crippen LogP contribution in [0.15, 0.2) is 42.5 Å². The van der Waals surface area contributed by atoms with E-state index in [9.17, 15) is 0 Å². The van der Waals surface area contributed by atoms with E-state index in [2.05, 4.69) is 19.9 Å². The molecule has 0 fully saturated rings. The van der Waals surface area contributed by atoms with E-state index in [1.165, 1.54) is 0 Å². The van der Waals surface area contributed by atoms with Crippen molar-refractivity contribution in [3.63, 3.8) is 0 Å². The van der Waals surface area contributed by atoms with Crippen molar-refractivity contribution in [2.75, 3.05) is 14.2 Å². The van der Waals surface area contributed by atoms with Gasteiger partial charge >= 0.3 is 0 Å². The molecule has 0 saturated carbocycles. The molecule has 0 amide bonds. The second-order valence-electron chi connectivity index (χ2n) is 6.14. The molecule has 0 spiro atoms. The SMILES string of the molecule is COc1ccc2nc(C(N)c3nc(OC)c4ccccc4n3)nc(C)c2c1. The van der Waals surface area contributed by atoms with Gasteiger partial charge in [-0.25, -0.2) is 15.0 Å². The first kappa shape index (κ1) is 17.1. The Balaban J connectivity index is 1.83. The van der Waals surface area contributed by atoms with Crippen LogP contribution in [0.1, 0.15) is 23.4 Å². The number of aromatic nitrogens is 4. The number of hydrogen-bond acceptors (Lipinski definition) is 7. The number of benzene rings is 2. The summed E-state index contributed by atoms with van der Waals surface area (Å²) in [6.45, 7) is 1.92. The molecule has 0 aliphatic heterocycles. The Morgan fingerprint density at radius 3 is 2.26 bits per heavy atom.